The fourth-order valence-electron chi connectivity index (χ4n) is 9.92. The largest absolute Gasteiger partial charge is 1.00 e. The molecule has 19 heteroatoms. The van der Waals surface area contributed by atoms with E-state index >= 15 is 0 Å². The van der Waals surface area contributed by atoms with Crippen LogP contribution in [0.4, 0.5) is 8.78 Å². The fraction of sp³-hybridized carbons (Fsp3) is 0.435. The van der Waals surface area contributed by atoms with Crippen molar-refractivity contribution in [3.8, 4) is 11.5 Å². The maximum atomic E-state index is 14.2. The van der Waals surface area contributed by atoms with E-state index in [1.165, 1.54) is 46.5 Å². The SMILES string of the molecule is COCC1CC2(C1)CN(C)C(=O)c1c(O)c(=O)c(C(=O)CCc3cccc(Cl)c3F)cn12.COCC1CC2(C1)CN(C)C(=O)c1c([O-])c(=O)c(C(=O)CCc3cccc(Cl)c3F)cn12.[K+]. The number of halogens is 4. The first-order valence-corrected chi connectivity index (χ1v) is 21.5. The molecular formula is C46H47Cl2F2KN4O10. The third-order valence-corrected chi connectivity index (χ3v) is 13.5. The van der Waals surface area contributed by atoms with Gasteiger partial charge in [0.1, 0.15) is 17.3 Å². The van der Waals surface area contributed by atoms with Gasteiger partial charge in [-0.2, -0.15) is 0 Å². The second-order valence-electron chi connectivity index (χ2n) is 17.4. The van der Waals surface area contributed by atoms with Crippen molar-refractivity contribution in [2.45, 2.75) is 62.4 Å². The molecule has 1 N–H and O–H groups in total. The number of aromatic nitrogens is 2. The number of carbonyl (C=O) groups is 4. The van der Waals surface area contributed by atoms with Gasteiger partial charge in [-0.1, -0.05) is 47.5 Å². The molecule has 2 saturated carbocycles. The zero-order chi connectivity index (χ0) is 46.4. The molecular weight excluding hydrogens is 917 g/mol. The van der Waals surface area contributed by atoms with Gasteiger partial charge in [0.05, 0.1) is 32.3 Å². The molecule has 2 aromatic heterocycles. The number of rotatable bonds is 12. The second-order valence-corrected chi connectivity index (χ2v) is 18.2. The van der Waals surface area contributed by atoms with Gasteiger partial charge in [0.25, 0.3) is 11.8 Å². The van der Waals surface area contributed by atoms with E-state index in [9.17, 15) is 47.8 Å². The maximum absolute atomic E-state index is 14.2. The van der Waals surface area contributed by atoms with Crippen LogP contribution >= 0.6 is 23.2 Å². The molecule has 0 bridgehead atoms. The maximum Gasteiger partial charge on any atom is 1.00 e. The molecule has 0 atom stereocenters. The van der Waals surface area contributed by atoms with E-state index in [0.717, 1.165) is 0 Å². The Balaban J connectivity index is 0.000000212. The number of ketones is 2. The van der Waals surface area contributed by atoms with E-state index in [4.69, 9.17) is 32.7 Å². The van der Waals surface area contributed by atoms with Gasteiger partial charge < -0.3 is 38.6 Å². The minimum atomic E-state index is -1.00. The molecule has 340 valence electrons. The Morgan fingerprint density at radius 2 is 1.12 bits per heavy atom. The molecule has 0 radical (unpaired) electrons. The van der Waals surface area contributed by atoms with E-state index in [1.54, 1.807) is 49.6 Å². The van der Waals surface area contributed by atoms with Crippen LogP contribution in [0.1, 0.15) is 91.3 Å². The number of pyridine rings is 2. The summed E-state index contributed by atoms with van der Waals surface area (Å²) in [6.07, 6.45) is 5.22. The van der Waals surface area contributed by atoms with Crippen molar-refractivity contribution in [2.24, 2.45) is 11.8 Å². The third kappa shape index (κ3) is 9.55. The van der Waals surface area contributed by atoms with Crippen LogP contribution in [0.15, 0.2) is 58.4 Å². The molecule has 2 aliphatic carbocycles. The number of Topliss-reactive ketones (excluding diaryl/α,β-unsaturated/α-hetero) is 2. The van der Waals surface area contributed by atoms with E-state index in [2.05, 4.69) is 0 Å². The van der Waals surface area contributed by atoms with E-state index in [1.807, 2.05) is 0 Å². The summed E-state index contributed by atoms with van der Waals surface area (Å²) in [5.41, 5.74) is -3.23. The molecule has 8 rings (SSSR count). The van der Waals surface area contributed by atoms with E-state index < -0.39 is 68.4 Å². The van der Waals surface area contributed by atoms with E-state index in [-0.39, 0.29) is 133 Å². The molecule has 65 heavy (non-hydrogen) atoms. The summed E-state index contributed by atoms with van der Waals surface area (Å²) in [6.45, 7) is 1.90. The zero-order valence-electron chi connectivity index (χ0n) is 36.7. The summed E-state index contributed by atoms with van der Waals surface area (Å²) in [5, 5.41) is 23.4. The van der Waals surface area contributed by atoms with E-state index in [0.29, 0.717) is 52.0 Å². The van der Waals surface area contributed by atoms with Crippen LogP contribution in [0.25, 0.3) is 0 Å². The van der Waals surface area contributed by atoms with Gasteiger partial charge in [-0.15, -0.1) is 0 Å². The van der Waals surface area contributed by atoms with Gasteiger partial charge in [-0.05, 0) is 79.4 Å². The zero-order valence-corrected chi connectivity index (χ0v) is 41.3. The van der Waals surface area contributed by atoms with Crippen LogP contribution in [0.5, 0.6) is 11.5 Å². The van der Waals surface area contributed by atoms with Gasteiger partial charge in [0.15, 0.2) is 28.4 Å². The first kappa shape index (κ1) is 50.6. The average Bonchev–Trinajstić information content (AvgIpc) is 3.23. The van der Waals surface area contributed by atoms with Crippen LogP contribution in [-0.4, -0.2) is 102 Å². The molecule has 14 nitrogen and oxygen atoms in total. The summed E-state index contributed by atoms with van der Waals surface area (Å²) in [4.78, 5) is 79.6. The number of hydrogen-bond donors (Lipinski definition) is 1. The van der Waals surface area contributed by atoms with Gasteiger partial charge in [0.2, 0.25) is 5.43 Å². The predicted molar refractivity (Wildman–Crippen MR) is 230 cm³/mol. The summed E-state index contributed by atoms with van der Waals surface area (Å²) in [7, 11) is 6.46. The molecule has 4 heterocycles. The standard InChI is InChI=1S/2C23H24ClFN2O5.K/c2*1-26-12-23(8-13(9-23)11-32-2)27-10-15(20(29)21(30)19(27)22(26)31)17(28)7-6-14-4-3-5-16(24)18(14)25;/h2*3-5,10,13,30H,6-9,11-12H2,1-2H3;/q;;+1/p-1. The number of hydrogen-bond acceptors (Lipinski definition) is 10. The Kier molecular flexibility index (Phi) is 15.7. The molecule has 2 aromatic carbocycles. The number of likely N-dealkylation sites (N-methyl/N-ethyl adjacent to an activating group) is 2. The first-order valence-electron chi connectivity index (χ1n) is 20.7. The Bertz CT molecular complexity index is 2500. The molecule has 2 fully saturated rings. The van der Waals surface area contributed by atoms with Crippen molar-refractivity contribution in [1.82, 2.24) is 18.9 Å². The minimum Gasteiger partial charge on any atom is -0.868 e. The average molecular weight is 964 g/mol. The van der Waals surface area contributed by atoms with Crippen molar-refractivity contribution in [3.05, 3.63) is 125 Å². The number of amides is 2. The molecule has 4 aromatic rings. The molecule has 2 amide bonds. The quantitative estimate of drug-likeness (QED) is 0.164. The van der Waals surface area contributed by atoms with Crippen LogP contribution < -0.4 is 67.3 Å². The molecule has 4 aliphatic rings. The van der Waals surface area contributed by atoms with Crippen LogP contribution in [0.2, 0.25) is 10.0 Å². The van der Waals surface area contributed by atoms with Gasteiger partial charge in [-0.25, -0.2) is 8.78 Å². The molecule has 0 unspecified atom stereocenters. The monoisotopic (exact) mass is 962 g/mol. The Hall–Kier alpha value is -3.78. The smallest absolute Gasteiger partial charge is 0.868 e. The number of nitrogens with zero attached hydrogens (tertiary/aromatic N) is 4. The van der Waals surface area contributed by atoms with Gasteiger partial charge >= 0.3 is 51.4 Å². The molecule has 2 aliphatic heterocycles. The van der Waals surface area contributed by atoms with Crippen molar-refractivity contribution in [1.29, 1.82) is 0 Å². The number of fused-ring (bicyclic) bond motifs is 4. The number of aromatic hydroxyl groups is 1. The van der Waals surface area contributed by atoms with Crippen molar-refractivity contribution >= 4 is 46.6 Å². The molecule has 0 saturated heterocycles. The van der Waals surface area contributed by atoms with Crippen molar-refractivity contribution < 1.29 is 99.0 Å². The Morgan fingerprint density at radius 3 is 1.55 bits per heavy atom. The number of ether oxygens (including phenoxy) is 2. The topological polar surface area (TPSA) is 181 Å². The summed E-state index contributed by atoms with van der Waals surface area (Å²) >= 11 is 11.6. The predicted octanol–water partition coefficient (Wildman–Crippen LogP) is 2.37. The van der Waals surface area contributed by atoms with Gasteiger partial charge in [-0.3, -0.25) is 28.8 Å². The summed E-state index contributed by atoms with van der Waals surface area (Å²) in [5.74, 6) is -4.49. The second kappa shape index (κ2) is 20.2. The van der Waals surface area contributed by atoms with Crippen LogP contribution in [-0.2, 0) is 33.4 Å². The first-order chi connectivity index (χ1) is 30.4. The van der Waals surface area contributed by atoms with Crippen LogP contribution in [0.3, 0.4) is 0 Å². The number of methoxy groups -OCH3 is 2. The Labute approximate surface area is 425 Å². The summed E-state index contributed by atoms with van der Waals surface area (Å²) in [6, 6.07) is 9.03. The number of aryl methyl sites for hydroxylation is 2. The van der Waals surface area contributed by atoms with Crippen LogP contribution in [0, 0.1) is 23.5 Å². The number of carbonyl (C=O) groups excluding carboxylic acids is 4. The normalized spacial score (nSPS) is 21.7. The van der Waals surface area contributed by atoms with Crippen molar-refractivity contribution in [3.63, 3.8) is 0 Å². The molecule has 2 spiro atoms. The van der Waals surface area contributed by atoms with Crippen molar-refractivity contribution in [2.75, 3.05) is 54.6 Å². The summed E-state index contributed by atoms with van der Waals surface area (Å²) < 4.78 is 41.9. The third-order valence-electron chi connectivity index (χ3n) is 12.9. The fourth-order valence-corrected chi connectivity index (χ4v) is 10.3. The number of benzene rings is 2. The Morgan fingerprint density at radius 1 is 0.723 bits per heavy atom. The minimum absolute atomic E-state index is 0. The van der Waals surface area contributed by atoms with Gasteiger partial charge in [0, 0.05) is 79.9 Å².